The lowest BCUT2D eigenvalue weighted by Gasteiger charge is -2.12. The number of hydrogen-bond donors (Lipinski definition) is 0. The van der Waals surface area contributed by atoms with Crippen molar-refractivity contribution in [3.05, 3.63) is 36.0 Å². The predicted octanol–water partition coefficient (Wildman–Crippen LogP) is 3.52. The van der Waals surface area contributed by atoms with Crippen molar-refractivity contribution in [3.8, 4) is 0 Å². The second-order valence-electron chi connectivity index (χ2n) is 4.92. The van der Waals surface area contributed by atoms with Crippen LogP contribution in [-0.4, -0.2) is 17.3 Å². The van der Waals surface area contributed by atoms with Crippen LogP contribution in [0.25, 0.3) is 10.9 Å². The molecule has 2 aromatic rings. The standard InChI is InChI=1S/C15H19NO/c1-12-11-13-5-2-3-7-15(13)16(12)9-8-14-6-4-10-17-14/h2-3,5,7,11,14H,4,6,8-10H2,1H3. The molecule has 0 aliphatic carbocycles. The molecule has 90 valence electrons. The summed E-state index contributed by atoms with van der Waals surface area (Å²) in [5, 5.41) is 1.34. The van der Waals surface area contributed by atoms with E-state index in [1.807, 2.05) is 0 Å². The average Bonchev–Trinajstić information content (AvgIpc) is 2.93. The first-order valence-electron chi connectivity index (χ1n) is 6.51. The molecule has 1 saturated heterocycles. The Kier molecular flexibility index (Phi) is 2.89. The van der Waals surface area contributed by atoms with E-state index in [9.17, 15) is 0 Å². The summed E-state index contributed by atoms with van der Waals surface area (Å²) in [6.45, 7) is 4.22. The fraction of sp³-hybridized carbons (Fsp3) is 0.467. The van der Waals surface area contributed by atoms with Gasteiger partial charge in [-0.2, -0.15) is 0 Å². The number of hydrogen-bond acceptors (Lipinski definition) is 1. The van der Waals surface area contributed by atoms with Crippen molar-refractivity contribution in [1.29, 1.82) is 0 Å². The number of rotatable bonds is 3. The van der Waals surface area contributed by atoms with Gasteiger partial charge in [-0.05, 0) is 43.7 Å². The van der Waals surface area contributed by atoms with Crippen LogP contribution in [0.2, 0.25) is 0 Å². The van der Waals surface area contributed by atoms with Crippen molar-refractivity contribution < 1.29 is 4.74 Å². The molecule has 0 bridgehead atoms. The van der Waals surface area contributed by atoms with Gasteiger partial charge in [0.2, 0.25) is 0 Å². The fourth-order valence-corrected chi connectivity index (χ4v) is 2.79. The Morgan fingerprint density at radius 2 is 2.24 bits per heavy atom. The highest BCUT2D eigenvalue weighted by atomic mass is 16.5. The Morgan fingerprint density at radius 3 is 3.06 bits per heavy atom. The quantitative estimate of drug-likeness (QED) is 0.785. The first-order chi connectivity index (χ1) is 8.34. The molecule has 2 heterocycles. The summed E-state index contributed by atoms with van der Waals surface area (Å²) in [6, 6.07) is 10.9. The van der Waals surface area contributed by atoms with Crippen LogP contribution in [0.4, 0.5) is 0 Å². The van der Waals surface area contributed by atoms with Crippen LogP contribution in [-0.2, 0) is 11.3 Å². The molecule has 0 N–H and O–H groups in total. The maximum Gasteiger partial charge on any atom is 0.0593 e. The second-order valence-corrected chi connectivity index (χ2v) is 4.92. The molecule has 1 aliphatic rings. The predicted molar refractivity (Wildman–Crippen MR) is 70.3 cm³/mol. The van der Waals surface area contributed by atoms with E-state index in [-0.39, 0.29) is 0 Å². The lowest BCUT2D eigenvalue weighted by Crippen LogP contribution is -2.10. The normalized spacial score (nSPS) is 20.2. The lowest BCUT2D eigenvalue weighted by atomic mass is 10.2. The van der Waals surface area contributed by atoms with Crippen molar-refractivity contribution in [3.63, 3.8) is 0 Å². The molecular formula is C15H19NO. The molecule has 3 rings (SSSR count). The Labute approximate surface area is 102 Å². The Bertz CT molecular complexity index is 509. The number of ether oxygens (including phenoxy) is 1. The molecule has 17 heavy (non-hydrogen) atoms. The van der Waals surface area contributed by atoms with Gasteiger partial charge in [0.25, 0.3) is 0 Å². The molecule has 0 amide bonds. The first-order valence-corrected chi connectivity index (χ1v) is 6.51. The maximum absolute atomic E-state index is 5.69. The topological polar surface area (TPSA) is 14.2 Å². The van der Waals surface area contributed by atoms with Gasteiger partial charge in [0.05, 0.1) is 6.10 Å². The summed E-state index contributed by atoms with van der Waals surface area (Å²) in [5.74, 6) is 0. The van der Waals surface area contributed by atoms with Crippen molar-refractivity contribution in [2.24, 2.45) is 0 Å². The minimum atomic E-state index is 0.482. The van der Waals surface area contributed by atoms with Crippen LogP contribution in [0.3, 0.4) is 0 Å². The number of benzene rings is 1. The Balaban J connectivity index is 1.81. The molecule has 2 nitrogen and oxygen atoms in total. The zero-order chi connectivity index (χ0) is 11.7. The van der Waals surface area contributed by atoms with E-state index in [1.54, 1.807) is 0 Å². The van der Waals surface area contributed by atoms with Gasteiger partial charge in [-0.15, -0.1) is 0 Å². The van der Waals surface area contributed by atoms with Gasteiger partial charge in [0.15, 0.2) is 0 Å². The van der Waals surface area contributed by atoms with Crippen LogP contribution < -0.4 is 0 Å². The molecule has 0 spiro atoms. The molecule has 0 saturated carbocycles. The molecule has 2 heteroatoms. The number of aryl methyl sites for hydroxylation is 2. The van der Waals surface area contributed by atoms with E-state index < -0.39 is 0 Å². The van der Waals surface area contributed by atoms with E-state index in [0.717, 1.165) is 19.6 Å². The summed E-state index contributed by atoms with van der Waals surface area (Å²) in [6.07, 6.45) is 4.09. The molecule has 1 unspecified atom stereocenters. The summed E-state index contributed by atoms with van der Waals surface area (Å²) in [4.78, 5) is 0. The monoisotopic (exact) mass is 229 g/mol. The van der Waals surface area contributed by atoms with E-state index in [4.69, 9.17) is 4.74 Å². The van der Waals surface area contributed by atoms with Crippen molar-refractivity contribution in [2.45, 2.75) is 38.8 Å². The second kappa shape index (κ2) is 4.53. The zero-order valence-corrected chi connectivity index (χ0v) is 10.4. The Hall–Kier alpha value is -1.28. The zero-order valence-electron chi connectivity index (χ0n) is 10.4. The van der Waals surface area contributed by atoms with Gasteiger partial charge in [-0.3, -0.25) is 0 Å². The summed E-state index contributed by atoms with van der Waals surface area (Å²) >= 11 is 0. The van der Waals surface area contributed by atoms with Crippen LogP contribution >= 0.6 is 0 Å². The van der Waals surface area contributed by atoms with E-state index in [0.29, 0.717) is 6.10 Å². The first kappa shape index (κ1) is 10.8. The van der Waals surface area contributed by atoms with E-state index >= 15 is 0 Å². The smallest absolute Gasteiger partial charge is 0.0593 e. The van der Waals surface area contributed by atoms with Crippen molar-refractivity contribution in [1.82, 2.24) is 4.57 Å². The molecule has 1 aromatic carbocycles. The van der Waals surface area contributed by atoms with E-state index in [1.165, 1.54) is 29.4 Å². The third-order valence-corrected chi connectivity index (χ3v) is 3.72. The average molecular weight is 229 g/mol. The molecular weight excluding hydrogens is 210 g/mol. The fourth-order valence-electron chi connectivity index (χ4n) is 2.79. The lowest BCUT2D eigenvalue weighted by molar-refractivity contribution is 0.101. The summed E-state index contributed by atoms with van der Waals surface area (Å²) < 4.78 is 8.10. The van der Waals surface area contributed by atoms with Gasteiger partial charge in [-0.25, -0.2) is 0 Å². The SMILES string of the molecule is Cc1cc2ccccc2n1CCC1CCCO1. The Morgan fingerprint density at radius 1 is 1.35 bits per heavy atom. The minimum Gasteiger partial charge on any atom is -0.378 e. The number of para-hydroxylation sites is 1. The highest BCUT2D eigenvalue weighted by molar-refractivity contribution is 5.81. The third-order valence-electron chi connectivity index (χ3n) is 3.72. The minimum absolute atomic E-state index is 0.482. The van der Waals surface area contributed by atoms with Gasteiger partial charge in [0, 0.05) is 24.4 Å². The largest absolute Gasteiger partial charge is 0.378 e. The molecule has 1 aromatic heterocycles. The molecule has 0 radical (unpaired) electrons. The van der Waals surface area contributed by atoms with Crippen molar-refractivity contribution >= 4 is 10.9 Å². The molecule has 1 atom stereocenters. The van der Waals surface area contributed by atoms with Crippen LogP contribution in [0.15, 0.2) is 30.3 Å². The van der Waals surface area contributed by atoms with Gasteiger partial charge >= 0.3 is 0 Å². The third kappa shape index (κ3) is 2.09. The van der Waals surface area contributed by atoms with Crippen LogP contribution in [0, 0.1) is 6.92 Å². The summed E-state index contributed by atoms with van der Waals surface area (Å²) in [5.41, 5.74) is 2.70. The highest BCUT2D eigenvalue weighted by Gasteiger charge is 2.15. The highest BCUT2D eigenvalue weighted by Crippen LogP contribution is 2.22. The maximum atomic E-state index is 5.69. The number of aromatic nitrogens is 1. The van der Waals surface area contributed by atoms with Crippen LogP contribution in [0.1, 0.15) is 25.0 Å². The van der Waals surface area contributed by atoms with E-state index in [2.05, 4.69) is 41.8 Å². The molecule has 1 fully saturated rings. The van der Waals surface area contributed by atoms with Gasteiger partial charge in [-0.1, -0.05) is 18.2 Å². The molecule has 1 aliphatic heterocycles. The number of nitrogens with zero attached hydrogens (tertiary/aromatic N) is 1. The van der Waals surface area contributed by atoms with Crippen molar-refractivity contribution in [2.75, 3.05) is 6.61 Å². The van der Waals surface area contributed by atoms with Gasteiger partial charge in [0.1, 0.15) is 0 Å². The summed E-state index contributed by atoms with van der Waals surface area (Å²) in [7, 11) is 0. The number of fused-ring (bicyclic) bond motifs is 1. The van der Waals surface area contributed by atoms with Crippen LogP contribution in [0.5, 0.6) is 0 Å². The van der Waals surface area contributed by atoms with Gasteiger partial charge < -0.3 is 9.30 Å².